The molecule has 4 nitrogen and oxygen atoms in total. The fraction of sp³-hybridized carbons (Fsp3) is 0.800. The SMILES string of the molecule is CC(C)Cn1ncnc1CNC1CC1. The van der Waals surface area contributed by atoms with Gasteiger partial charge in [-0.3, -0.25) is 0 Å². The van der Waals surface area contributed by atoms with Gasteiger partial charge in [0.25, 0.3) is 0 Å². The van der Waals surface area contributed by atoms with Crippen LogP contribution in [-0.2, 0) is 13.1 Å². The van der Waals surface area contributed by atoms with Crippen LogP contribution in [0.1, 0.15) is 32.5 Å². The first-order chi connectivity index (χ1) is 6.75. The predicted octanol–water partition coefficient (Wildman–Crippen LogP) is 1.19. The maximum Gasteiger partial charge on any atom is 0.140 e. The highest BCUT2D eigenvalue weighted by Crippen LogP contribution is 2.18. The van der Waals surface area contributed by atoms with E-state index in [9.17, 15) is 0 Å². The summed E-state index contributed by atoms with van der Waals surface area (Å²) in [6, 6.07) is 0.735. The van der Waals surface area contributed by atoms with Crippen LogP contribution in [0.25, 0.3) is 0 Å². The topological polar surface area (TPSA) is 42.7 Å². The van der Waals surface area contributed by atoms with Crippen LogP contribution in [0.4, 0.5) is 0 Å². The van der Waals surface area contributed by atoms with E-state index in [1.165, 1.54) is 12.8 Å². The number of hydrogen-bond donors (Lipinski definition) is 1. The van der Waals surface area contributed by atoms with E-state index < -0.39 is 0 Å². The Morgan fingerprint density at radius 3 is 3.00 bits per heavy atom. The van der Waals surface area contributed by atoms with Crippen molar-refractivity contribution in [1.29, 1.82) is 0 Å². The predicted molar refractivity (Wildman–Crippen MR) is 54.7 cm³/mol. The summed E-state index contributed by atoms with van der Waals surface area (Å²) in [5.74, 6) is 1.68. The molecule has 1 N–H and O–H groups in total. The maximum absolute atomic E-state index is 4.26. The van der Waals surface area contributed by atoms with Crippen LogP contribution in [-0.4, -0.2) is 20.8 Å². The molecule has 1 aromatic rings. The molecule has 1 aliphatic rings. The van der Waals surface area contributed by atoms with Crippen molar-refractivity contribution in [3.05, 3.63) is 12.2 Å². The highest BCUT2D eigenvalue weighted by Gasteiger charge is 2.20. The minimum atomic E-state index is 0.622. The lowest BCUT2D eigenvalue weighted by atomic mass is 10.2. The van der Waals surface area contributed by atoms with Crippen LogP contribution in [0.2, 0.25) is 0 Å². The van der Waals surface area contributed by atoms with Crippen LogP contribution < -0.4 is 5.32 Å². The first-order valence-corrected chi connectivity index (χ1v) is 5.36. The van der Waals surface area contributed by atoms with Gasteiger partial charge in [-0.05, 0) is 18.8 Å². The number of nitrogens with one attached hydrogen (secondary N) is 1. The van der Waals surface area contributed by atoms with E-state index in [0.29, 0.717) is 5.92 Å². The lowest BCUT2D eigenvalue weighted by Gasteiger charge is -2.08. The van der Waals surface area contributed by atoms with Crippen molar-refractivity contribution in [3.63, 3.8) is 0 Å². The van der Waals surface area contributed by atoms with Gasteiger partial charge in [-0.2, -0.15) is 5.10 Å². The van der Waals surface area contributed by atoms with Crippen LogP contribution in [0.3, 0.4) is 0 Å². The summed E-state index contributed by atoms with van der Waals surface area (Å²) in [5.41, 5.74) is 0. The molecule has 1 heterocycles. The normalized spacial score (nSPS) is 16.5. The van der Waals surface area contributed by atoms with E-state index >= 15 is 0 Å². The molecular weight excluding hydrogens is 176 g/mol. The highest BCUT2D eigenvalue weighted by atomic mass is 15.3. The average Bonchev–Trinajstić information content (AvgIpc) is 2.85. The second-order valence-electron chi connectivity index (χ2n) is 4.41. The fourth-order valence-electron chi connectivity index (χ4n) is 1.45. The molecule has 14 heavy (non-hydrogen) atoms. The van der Waals surface area contributed by atoms with Crippen molar-refractivity contribution >= 4 is 0 Å². The molecule has 78 valence electrons. The van der Waals surface area contributed by atoms with Gasteiger partial charge in [-0.25, -0.2) is 9.67 Å². The second-order valence-corrected chi connectivity index (χ2v) is 4.41. The van der Waals surface area contributed by atoms with Crippen molar-refractivity contribution in [2.45, 2.75) is 45.8 Å². The van der Waals surface area contributed by atoms with E-state index in [1.807, 2.05) is 4.68 Å². The van der Waals surface area contributed by atoms with Crippen LogP contribution in [0.5, 0.6) is 0 Å². The summed E-state index contributed by atoms with van der Waals surface area (Å²) >= 11 is 0. The smallest absolute Gasteiger partial charge is 0.140 e. The first kappa shape index (κ1) is 9.65. The third kappa shape index (κ3) is 2.54. The molecule has 0 radical (unpaired) electrons. The molecule has 4 heteroatoms. The molecule has 0 spiro atoms. The largest absolute Gasteiger partial charge is 0.307 e. The zero-order chi connectivity index (χ0) is 9.97. The number of aromatic nitrogens is 3. The number of rotatable bonds is 5. The third-order valence-corrected chi connectivity index (χ3v) is 2.36. The van der Waals surface area contributed by atoms with Crippen molar-refractivity contribution in [3.8, 4) is 0 Å². The highest BCUT2D eigenvalue weighted by molar-refractivity contribution is 4.88. The van der Waals surface area contributed by atoms with Crippen molar-refractivity contribution in [2.24, 2.45) is 5.92 Å². The Labute approximate surface area is 84.7 Å². The molecule has 0 amide bonds. The van der Waals surface area contributed by atoms with E-state index in [4.69, 9.17) is 0 Å². The number of hydrogen-bond acceptors (Lipinski definition) is 3. The molecule has 0 unspecified atom stereocenters. The Hall–Kier alpha value is -0.900. The van der Waals surface area contributed by atoms with Gasteiger partial charge in [-0.15, -0.1) is 0 Å². The van der Waals surface area contributed by atoms with Gasteiger partial charge >= 0.3 is 0 Å². The average molecular weight is 194 g/mol. The van der Waals surface area contributed by atoms with Gasteiger partial charge in [0.1, 0.15) is 12.2 Å². The van der Waals surface area contributed by atoms with Crippen molar-refractivity contribution < 1.29 is 0 Å². The molecule has 0 atom stereocenters. The zero-order valence-corrected chi connectivity index (χ0v) is 8.90. The van der Waals surface area contributed by atoms with Gasteiger partial charge in [0.05, 0.1) is 6.54 Å². The van der Waals surface area contributed by atoms with Gasteiger partial charge in [0.2, 0.25) is 0 Å². The van der Waals surface area contributed by atoms with E-state index in [1.54, 1.807) is 6.33 Å². The molecule has 2 rings (SSSR count). The maximum atomic E-state index is 4.26. The minimum absolute atomic E-state index is 0.622. The monoisotopic (exact) mass is 194 g/mol. The standard InChI is InChI=1S/C10H18N4/c1-8(2)6-14-10(12-7-13-14)5-11-9-3-4-9/h7-9,11H,3-6H2,1-2H3. The molecule has 1 aromatic heterocycles. The molecule has 0 aromatic carbocycles. The second kappa shape index (κ2) is 4.09. The summed E-state index contributed by atoms with van der Waals surface area (Å²) < 4.78 is 2.00. The summed E-state index contributed by atoms with van der Waals surface area (Å²) in [6.07, 6.45) is 4.28. The van der Waals surface area contributed by atoms with E-state index in [-0.39, 0.29) is 0 Å². The van der Waals surface area contributed by atoms with Gasteiger partial charge in [-0.1, -0.05) is 13.8 Å². The minimum Gasteiger partial charge on any atom is -0.307 e. The van der Waals surface area contributed by atoms with Crippen LogP contribution >= 0.6 is 0 Å². The lowest BCUT2D eigenvalue weighted by molar-refractivity contribution is 0.457. The molecule has 0 bridgehead atoms. The quantitative estimate of drug-likeness (QED) is 0.765. The van der Waals surface area contributed by atoms with Gasteiger partial charge in [0, 0.05) is 12.6 Å². The lowest BCUT2D eigenvalue weighted by Crippen LogP contribution is -2.20. The molecule has 0 aliphatic heterocycles. The van der Waals surface area contributed by atoms with Crippen LogP contribution in [0.15, 0.2) is 6.33 Å². The Bertz CT molecular complexity index is 288. The van der Waals surface area contributed by atoms with E-state index in [2.05, 4.69) is 29.2 Å². The molecule has 1 saturated carbocycles. The van der Waals surface area contributed by atoms with Crippen molar-refractivity contribution in [1.82, 2.24) is 20.1 Å². The Balaban J connectivity index is 1.90. The molecular formula is C10H18N4. The first-order valence-electron chi connectivity index (χ1n) is 5.36. The Morgan fingerprint density at radius 2 is 2.36 bits per heavy atom. The van der Waals surface area contributed by atoms with E-state index in [0.717, 1.165) is 25.0 Å². The van der Waals surface area contributed by atoms with Crippen LogP contribution in [0, 0.1) is 5.92 Å². The Kier molecular flexibility index (Phi) is 2.82. The van der Waals surface area contributed by atoms with Crippen molar-refractivity contribution in [2.75, 3.05) is 0 Å². The van der Waals surface area contributed by atoms with Gasteiger partial charge in [0.15, 0.2) is 0 Å². The fourth-order valence-corrected chi connectivity index (χ4v) is 1.45. The van der Waals surface area contributed by atoms with Gasteiger partial charge < -0.3 is 5.32 Å². The summed E-state index contributed by atoms with van der Waals surface area (Å²) in [4.78, 5) is 4.26. The zero-order valence-electron chi connectivity index (χ0n) is 8.90. The number of nitrogens with zero attached hydrogens (tertiary/aromatic N) is 3. The Morgan fingerprint density at radius 1 is 1.57 bits per heavy atom. The molecule has 0 saturated heterocycles. The summed E-state index contributed by atoms with van der Waals surface area (Å²) in [5, 5.41) is 7.67. The molecule has 1 fully saturated rings. The summed E-state index contributed by atoms with van der Waals surface area (Å²) in [7, 11) is 0. The molecule has 1 aliphatic carbocycles. The summed E-state index contributed by atoms with van der Waals surface area (Å²) in [6.45, 7) is 6.21. The third-order valence-electron chi connectivity index (χ3n) is 2.36.